The summed E-state index contributed by atoms with van der Waals surface area (Å²) in [6, 6.07) is 0. The Labute approximate surface area is 132 Å². The minimum Gasteiger partial charge on any atom is -0.387 e. The number of allylic oxidation sites excluding steroid dienone is 2. The zero-order valence-electron chi connectivity index (χ0n) is 15.1. The third kappa shape index (κ3) is 10.5. The predicted octanol–water partition coefficient (Wildman–Crippen LogP) is 2.62. The number of nitrogens with one attached hydrogen (secondary N) is 1. The summed E-state index contributed by atoms with van der Waals surface area (Å²) in [5.41, 5.74) is 2.31. The maximum atomic E-state index is 4.62. The zero-order valence-corrected chi connectivity index (χ0v) is 15.1. The summed E-state index contributed by atoms with van der Waals surface area (Å²) in [6.45, 7) is 21.5. The maximum absolute atomic E-state index is 4.62. The Balaban J connectivity index is 4.05. The Morgan fingerprint density at radius 2 is 1.43 bits per heavy atom. The molecule has 0 aromatic rings. The van der Waals surface area contributed by atoms with Crippen molar-refractivity contribution in [2.45, 2.75) is 41.5 Å². The molecule has 0 bridgehead atoms. The van der Waals surface area contributed by atoms with Crippen LogP contribution in [-0.2, 0) is 0 Å². The second kappa shape index (κ2) is 12.8. The second-order valence-electron chi connectivity index (χ2n) is 5.33. The molecule has 0 aromatic heterocycles. The van der Waals surface area contributed by atoms with E-state index in [0.717, 1.165) is 58.1 Å². The largest absolute Gasteiger partial charge is 0.387 e. The molecular formula is C17H36N4. The van der Waals surface area contributed by atoms with Gasteiger partial charge in [-0.3, -0.25) is 4.99 Å². The van der Waals surface area contributed by atoms with Crippen LogP contribution >= 0.6 is 0 Å². The van der Waals surface area contributed by atoms with Crippen LogP contribution in [0.2, 0.25) is 0 Å². The molecule has 0 aliphatic carbocycles. The zero-order chi connectivity index (χ0) is 16.1. The molecule has 0 amide bonds. The molecule has 21 heavy (non-hydrogen) atoms. The fourth-order valence-corrected chi connectivity index (χ4v) is 2.27. The van der Waals surface area contributed by atoms with Crippen LogP contribution in [0.5, 0.6) is 0 Å². The van der Waals surface area contributed by atoms with E-state index in [9.17, 15) is 0 Å². The van der Waals surface area contributed by atoms with Crippen LogP contribution in [-0.4, -0.2) is 67.9 Å². The first-order valence-corrected chi connectivity index (χ1v) is 8.45. The molecule has 0 aromatic carbocycles. The normalized spacial score (nSPS) is 13.3. The van der Waals surface area contributed by atoms with Gasteiger partial charge in [0.25, 0.3) is 0 Å². The number of aliphatic imine (C=N–C) groups is 1. The molecule has 0 atom stereocenters. The fourth-order valence-electron chi connectivity index (χ4n) is 2.27. The molecule has 0 radical (unpaired) electrons. The SMILES string of the molecule is CCN(CC)CCN=C(C)/C=C(/C)NCCN(CC)CC. The topological polar surface area (TPSA) is 30.9 Å². The van der Waals surface area contributed by atoms with Crippen molar-refractivity contribution < 1.29 is 0 Å². The molecular weight excluding hydrogens is 260 g/mol. The summed E-state index contributed by atoms with van der Waals surface area (Å²) in [6.07, 6.45) is 2.14. The Morgan fingerprint density at radius 3 is 1.95 bits per heavy atom. The summed E-state index contributed by atoms with van der Waals surface area (Å²) in [7, 11) is 0. The van der Waals surface area contributed by atoms with Gasteiger partial charge in [0, 0.05) is 31.0 Å². The quantitative estimate of drug-likeness (QED) is 0.562. The van der Waals surface area contributed by atoms with Gasteiger partial charge in [-0.05, 0) is 46.1 Å². The number of hydrogen-bond acceptors (Lipinski definition) is 4. The predicted molar refractivity (Wildman–Crippen MR) is 95.3 cm³/mol. The lowest BCUT2D eigenvalue weighted by molar-refractivity contribution is 0.306. The van der Waals surface area contributed by atoms with Crippen LogP contribution in [0.4, 0.5) is 0 Å². The van der Waals surface area contributed by atoms with Gasteiger partial charge in [0.1, 0.15) is 0 Å². The lowest BCUT2D eigenvalue weighted by atomic mass is 10.3. The van der Waals surface area contributed by atoms with E-state index < -0.39 is 0 Å². The lowest BCUT2D eigenvalue weighted by Crippen LogP contribution is -2.31. The summed E-state index contributed by atoms with van der Waals surface area (Å²) in [5, 5.41) is 3.46. The first-order chi connectivity index (χ1) is 10.1. The molecule has 0 saturated heterocycles. The van der Waals surface area contributed by atoms with Crippen LogP contribution in [0.25, 0.3) is 0 Å². The van der Waals surface area contributed by atoms with E-state index in [-0.39, 0.29) is 0 Å². The van der Waals surface area contributed by atoms with E-state index >= 15 is 0 Å². The number of likely N-dealkylation sites (N-methyl/N-ethyl adjacent to an activating group) is 2. The van der Waals surface area contributed by atoms with Gasteiger partial charge in [-0.1, -0.05) is 27.7 Å². The van der Waals surface area contributed by atoms with E-state index in [4.69, 9.17) is 0 Å². The highest BCUT2D eigenvalue weighted by atomic mass is 15.1. The maximum Gasteiger partial charge on any atom is 0.0519 e. The first kappa shape index (κ1) is 20.1. The molecule has 0 spiro atoms. The van der Waals surface area contributed by atoms with Crippen molar-refractivity contribution in [3.05, 3.63) is 11.8 Å². The van der Waals surface area contributed by atoms with Crippen molar-refractivity contribution >= 4 is 5.71 Å². The van der Waals surface area contributed by atoms with Crippen molar-refractivity contribution in [2.75, 3.05) is 52.4 Å². The van der Waals surface area contributed by atoms with Crippen LogP contribution in [0.15, 0.2) is 16.8 Å². The fraction of sp³-hybridized carbons (Fsp3) is 0.824. The molecule has 1 N–H and O–H groups in total. The molecule has 0 saturated carbocycles. The summed E-state index contributed by atoms with van der Waals surface area (Å²) >= 11 is 0. The van der Waals surface area contributed by atoms with Gasteiger partial charge < -0.3 is 15.1 Å². The first-order valence-electron chi connectivity index (χ1n) is 8.45. The average molecular weight is 297 g/mol. The molecule has 0 heterocycles. The number of hydrogen-bond donors (Lipinski definition) is 1. The van der Waals surface area contributed by atoms with E-state index in [1.165, 1.54) is 5.70 Å². The highest BCUT2D eigenvalue weighted by molar-refractivity contribution is 5.93. The van der Waals surface area contributed by atoms with Crippen molar-refractivity contribution in [3.8, 4) is 0 Å². The Bertz CT molecular complexity index is 302. The van der Waals surface area contributed by atoms with Gasteiger partial charge in [0.2, 0.25) is 0 Å². The highest BCUT2D eigenvalue weighted by Crippen LogP contribution is 1.93. The summed E-state index contributed by atoms with van der Waals surface area (Å²) < 4.78 is 0. The highest BCUT2D eigenvalue weighted by Gasteiger charge is 1.99. The standard InChI is InChI=1S/C17H36N4/c1-7-20(8-2)13-11-18-16(5)15-17(6)19-12-14-21(9-3)10-4/h15,18H,7-14H2,1-6H3/b16-15-,19-17?. The molecule has 0 unspecified atom stereocenters. The summed E-state index contributed by atoms with van der Waals surface area (Å²) in [4.78, 5) is 9.44. The molecule has 0 aliphatic heterocycles. The van der Waals surface area contributed by atoms with Crippen LogP contribution in [0.3, 0.4) is 0 Å². The van der Waals surface area contributed by atoms with Gasteiger partial charge in [0.15, 0.2) is 0 Å². The van der Waals surface area contributed by atoms with Gasteiger partial charge in [-0.15, -0.1) is 0 Å². The average Bonchev–Trinajstić information content (AvgIpc) is 2.48. The Morgan fingerprint density at radius 1 is 0.905 bits per heavy atom. The van der Waals surface area contributed by atoms with Crippen molar-refractivity contribution in [1.29, 1.82) is 0 Å². The molecule has 0 rings (SSSR count). The summed E-state index contributed by atoms with van der Waals surface area (Å²) in [5.74, 6) is 0. The Hall–Kier alpha value is -0.870. The van der Waals surface area contributed by atoms with Gasteiger partial charge in [-0.25, -0.2) is 0 Å². The second-order valence-corrected chi connectivity index (χ2v) is 5.33. The van der Waals surface area contributed by atoms with Gasteiger partial charge in [0.05, 0.1) is 6.54 Å². The van der Waals surface area contributed by atoms with E-state index in [1.54, 1.807) is 0 Å². The van der Waals surface area contributed by atoms with Crippen LogP contribution < -0.4 is 5.32 Å². The monoisotopic (exact) mass is 296 g/mol. The third-order valence-corrected chi connectivity index (χ3v) is 3.82. The number of nitrogens with zero attached hydrogens (tertiary/aromatic N) is 3. The molecule has 4 heteroatoms. The van der Waals surface area contributed by atoms with E-state index in [2.05, 4.69) is 67.7 Å². The minimum atomic E-state index is 0.886. The van der Waals surface area contributed by atoms with Gasteiger partial charge >= 0.3 is 0 Å². The molecule has 0 fully saturated rings. The number of rotatable bonds is 12. The van der Waals surface area contributed by atoms with E-state index in [1.807, 2.05) is 0 Å². The lowest BCUT2D eigenvalue weighted by Gasteiger charge is -2.18. The Kier molecular flexibility index (Phi) is 12.3. The van der Waals surface area contributed by atoms with Crippen molar-refractivity contribution in [3.63, 3.8) is 0 Å². The molecule has 0 aliphatic rings. The smallest absolute Gasteiger partial charge is 0.0519 e. The molecule has 4 nitrogen and oxygen atoms in total. The van der Waals surface area contributed by atoms with E-state index in [0.29, 0.717) is 0 Å². The van der Waals surface area contributed by atoms with Crippen molar-refractivity contribution in [1.82, 2.24) is 15.1 Å². The molecule has 124 valence electrons. The third-order valence-electron chi connectivity index (χ3n) is 3.82. The minimum absolute atomic E-state index is 0.886. The van der Waals surface area contributed by atoms with Crippen molar-refractivity contribution in [2.24, 2.45) is 4.99 Å². The van der Waals surface area contributed by atoms with Gasteiger partial charge in [-0.2, -0.15) is 0 Å². The van der Waals surface area contributed by atoms with Crippen LogP contribution in [0.1, 0.15) is 41.5 Å². The van der Waals surface area contributed by atoms with Crippen LogP contribution in [0, 0.1) is 0 Å².